The van der Waals surface area contributed by atoms with Crippen LogP contribution in [-0.2, 0) is 9.53 Å². The Morgan fingerprint density at radius 2 is 2.31 bits per heavy atom. The molecule has 13 heavy (non-hydrogen) atoms. The summed E-state index contributed by atoms with van der Waals surface area (Å²) < 4.78 is 18.0. The number of hydrogen-bond acceptors (Lipinski definition) is 3. The van der Waals surface area contributed by atoms with E-state index >= 15 is 0 Å². The van der Waals surface area contributed by atoms with Crippen molar-refractivity contribution >= 4 is 5.97 Å². The van der Waals surface area contributed by atoms with Crippen molar-refractivity contribution in [2.24, 2.45) is 5.92 Å². The third-order valence-electron chi connectivity index (χ3n) is 3.12. The molecule has 4 atom stereocenters. The lowest BCUT2D eigenvalue weighted by atomic mass is 9.75. The number of hydrogen-bond donors (Lipinski definition) is 1. The molecule has 1 N–H and O–H groups in total. The Balaban J connectivity index is 2.10. The first-order chi connectivity index (χ1) is 6.22. The topological polar surface area (TPSA) is 38.3 Å². The number of carbonyl (C=O) groups excluding carboxylic acids is 1. The van der Waals surface area contributed by atoms with Gasteiger partial charge in [0, 0.05) is 12.0 Å². The average molecular weight is 187 g/mol. The lowest BCUT2D eigenvalue weighted by Crippen LogP contribution is -2.60. The molecule has 0 amide bonds. The molecule has 1 saturated carbocycles. The number of alkyl halides is 1. The number of piperidine rings is 2. The van der Waals surface area contributed by atoms with Crippen LogP contribution in [0, 0.1) is 5.92 Å². The summed E-state index contributed by atoms with van der Waals surface area (Å²) in [6.45, 7) is 0. The average Bonchev–Trinajstić information content (AvgIpc) is 2.17. The summed E-state index contributed by atoms with van der Waals surface area (Å²) in [4.78, 5) is 11.3. The van der Waals surface area contributed by atoms with E-state index in [9.17, 15) is 9.18 Å². The quantitative estimate of drug-likeness (QED) is 0.612. The van der Waals surface area contributed by atoms with Gasteiger partial charge >= 0.3 is 5.97 Å². The molecule has 3 rings (SSSR count). The van der Waals surface area contributed by atoms with Crippen molar-refractivity contribution in [3.05, 3.63) is 0 Å². The van der Waals surface area contributed by atoms with Gasteiger partial charge in [0.15, 0.2) is 0 Å². The lowest BCUT2D eigenvalue weighted by Gasteiger charge is -2.43. The Hall–Kier alpha value is -0.640. The molecule has 0 radical (unpaired) electrons. The second kappa shape index (κ2) is 3.25. The first kappa shape index (κ1) is 8.94. The molecule has 3 aliphatic rings. The Morgan fingerprint density at radius 3 is 2.85 bits per heavy atom. The molecule has 0 spiro atoms. The molecular formula is C9H14FNO2. The smallest absolute Gasteiger partial charge is 0.323 e. The third kappa shape index (κ3) is 1.43. The van der Waals surface area contributed by atoms with Crippen LogP contribution in [0.1, 0.15) is 19.3 Å². The molecule has 2 bridgehead atoms. The number of carbonyl (C=O) groups is 1. The van der Waals surface area contributed by atoms with Gasteiger partial charge in [-0.1, -0.05) is 0 Å². The van der Waals surface area contributed by atoms with E-state index in [2.05, 4.69) is 10.1 Å². The number of fused-ring (bicyclic) bond motifs is 3. The van der Waals surface area contributed by atoms with Crippen LogP contribution in [0.3, 0.4) is 0 Å². The van der Waals surface area contributed by atoms with Crippen molar-refractivity contribution in [2.45, 2.75) is 37.5 Å². The van der Waals surface area contributed by atoms with E-state index in [1.54, 1.807) is 0 Å². The molecule has 4 heteroatoms. The predicted octanol–water partition coefficient (Wildman–Crippen LogP) is 0.638. The van der Waals surface area contributed by atoms with Crippen molar-refractivity contribution in [3.63, 3.8) is 0 Å². The van der Waals surface area contributed by atoms with E-state index in [1.165, 1.54) is 7.11 Å². The number of halogens is 1. The molecule has 1 aliphatic carbocycles. The van der Waals surface area contributed by atoms with Crippen LogP contribution < -0.4 is 5.32 Å². The standard InChI is InChI=1S/C9H14FNO2/c1-13-9(12)8-6-3-2-5(11-8)4-7(6)10/h5-8,11H,2-4H2,1H3/t5-,6-,7-,8+/m1/s1. The van der Waals surface area contributed by atoms with E-state index in [4.69, 9.17) is 0 Å². The summed E-state index contributed by atoms with van der Waals surface area (Å²) in [5.74, 6) is -0.491. The normalized spacial score (nSPS) is 43.2. The maximum Gasteiger partial charge on any atom is 0.323 e. The predicted molar refractivity (Wildman–Crippen MR) is 45.0 cm³/mol. The fraction of sp³-hybridized carbons (Fsp3) is 0.889. The van der Waals surface area contributed by atoms with Crippen molar-refractivity contribution in [2.75, 3.05) is 7.11 Å². The number of ether oxygens (including phenoxy) is 1. The molecule has 0 aromatic carbocycles. The molecule has 74 valence electrons. The van der Waals surface area contributed by atoms with E-state index in [1.807, 2.05) is 0 Å². The molecular weight excluding hydrogens is 173 g/mol. The summed E-state index contributed by atoms with van der Waals surface area (Å²) in [6, 6.07) is -0.239. The fourth-order valence-electron chi connectivity index (χ4n) is 2.41. The monoisotopic (exact) mass is 187 g/mol. The minimum atomic E-state index is -0.830. The highest BCUT2D eigenvalue weighted by molar-refractivity contribution is 5.76. The summed E-state index contributed by atoms with van der Waals surface area (Å²) in [5, 5.41) is 3.12. The highest BCUT2D eigenvalue weighted by Gasteiger charge is 2.45. The zero-order valence-corrected chi connectivity index (χ0v) is 7.63. The molecule has 3 fully saturated rings. The van der Waals surface area contributed by atoms with Crippen LogP contribution in [0.25, 0.3) is 0 Å². The van der Waals surface area contributed by atoms with Crippen LogP contribution in [-0.4, -0.2) is 31.3 Å². The van der Waals surface area contributed by atoms with Crippen LogP contribution in [0.5, 0.6) is 0 Å². The number of esters is 1. The van der Waals surface area contributed by atoms with Crippen LogP contribution >= 0.6 is 0 Å². The number of methoxy groups -OCH3 is 1. The summed E-state index contributed by atoms with van der Waals surface area (Å²) in [6.07, 6.45) is 1.51. The van der Waals surface area contributed by atoms with Gasteiger partial charge in [0.05, 0.1) is 7.11 Å². The van der Waals surface area contributed by atoms with Crippen molar-refractivity contribution in [3.8, 4) is 0 Å². The summed E-state index contributed by atoms with van der Waals surface area (Å²) in [7, 11) is 1.35. The third-order valence-corrected chi connectivity index (χ3v) is 3.12. The van der Waals surface area contributed by atoms with Crippen LogP contribution in [0.4, 0.5) is 4.39 Å². The van der Waals surface area contributed by atoms with Crippen molar-refractivity contribution in [1.82, 2.24) is 5.32 Å². The Morgan fingerprint density at radius 1 is 1.54 bits per heavy atom. The molecule has 3 nitrogen and oxygen atoms in total. The summed E-state index contributed by atoms with van der Waals surface area (Å²) in [5.41, 5.74) is 0. The van der Waals surface area contributed by atoms with E-state index in [0.29, 0.717) is 6.42 Å². The minimum Gasteiger partial charge on any atom is -0.468 e. The molecule has 2 saturated heterocycles. The SMILES string of the molecule is COC(=O)[C@H]1N[C@@H]2CC[C@@H]1[C@H](F)C2. The minimum absolute atomic E-state index is 0.169. The van der Waals surface area contributed by atoms with Crippen LogP contribution in [0.15, 0.2) is 0 Å². The van der Waals surface area contributed by atoms with Crippen molar-refractivity contribution in [1.29, 1.82) is 0 Å². The fourth-order valence-corrected chi connectivity index (χ4v) is 2.41. The van der Waals surface area contributed by atoms with Crippen LogP contribution in [0.2, 0.25) is 0 Å². The highest BCUT2D eigenvalue weighted by atomic mass is 19.1. The van der Waals surface area contributed by atoms with Gasteiger partial charge < -0.3 is 10.1 Å². The highest BCUT2D eigenvalue weighted by Crippen LogP contribution is 2.35. The lowest BCUT2D eigenvalue weighted by molar-refractivity contribution is -0.148. The molecule has 0 unspecified atom stereocenters. The van der Waals surface area contributed by atoms with Gasteiger partial charge in [-0.05, 0) is 19.3 Å². The summed E-state index contributed by atoms with van der Waals surface area (Å²) >= 11 is 0. The first-order valence-electron chi connectivity index (χ1n) is 4.70. The Labute approximate surface area is 76.6 Å². The maximum absolute atomic E-state index is 13.4. The Bertz CT molecular complexity index is 222. The number of rotatable bonds is 1. The second-order valence-electron chi connectivity index (χ2n) is 3.86. The zero-order valence-electron chi connectivity index (χ0n) is 7.63. The number of nitrogens with one attached hydrogen (secondary N) is 1. The molecule has 2 aliphatic heterocycles. The Kier molecular flexibility index (Phi) is 2.24. The van der Waals surface area contributed by atoms with E-state index in [0.717, 1.165) is 12.8 Å². The molecule has 0 aromatic rings. The van der Waals surface area contributed by atoms with Crippen molar-refractivity contribution < 1.29 is 13.9 Å². The van der Waals surface area contributed by atoms with Gasteiger partial charge in [0.25, 0.3) is 0 Å². The van der Waals surface area contributed by atoms with Gasteiger partial charge in [0.1, 0.15) is 12.2 Å². The molecule has 2 heterocycles. The maximum atomic E-state index is 13.4. The van der Waals surface area contributed by atoms with Gasteiger partial charge in [-0.15, -0.1) is 0 Å². The second-order valence-corrected chi connectivity index (χ2v) is 3.86. The van der Waals surface area contributed by atoms with E-state index < -0.39 is 12.2 Å². The van der Waals surface area contributed by atoms with Gasteiger partial charge in [-0.25, -0.2) is 4.39 Å². The molecule has 0 aromatic heterocycles. The van der Waals surface area contributed by atoms with Gasteiger partial charge in [0.2, 0.25) is 0 Å². The zero-order chi connectivity index (χ0) is 9.42. The largest absolute Gasteiger partial charge is 0.468 e. The first-order valence-corrected chi connectivity index (χ1v) is 4.70. The van der Waals surface area contributed by atoms with Gasteiger partial charge in [-0.3, -0.25) is 4.79 Å². The van der Waals surface area contributed by atoms with E-state index in [-0.39, 0.29) is 17.9 Å². The van der Waals surface area contributed by atoms with Gasteiger partial charge in [-0.2, -0.15) is 0 Å².